The van der Waals surface area contributed by atoms with Gasteiger partial charge in [-0.2, -0.15) is 11.8 Å². The lowest BCUT2D eigenvalue weighted by molar-refractivity contribution is 0.536. The maximum atomic E-state index is 4.56. The summed E-state index contributed by atoms with van der Waals surface area (Å²) in [6.45, 7) is 7.64. The molecule has 1 atom stereocenters. The minimum Gasteiger partial charge on any atom is -0.359 e. The number of hydrogen-bond acceptors (Lipinski definition) is 3. The first-order chi connectivity index (χ1) is 6.53. The van der Waals surface area contributed by atoms with Gasteiger partial charge in [0.2, 0.25) is 0 Å². The van der Waals surface area contributed by atoms with Gasteiger partial charge in [-0.15, -0.1) is 0 Å². The monoisotopic (exact) mass is 232 g/mol. The Kier molecular flexibility index (Phi) is 4.64. The van der Waals surface area contributed by atoms with Crippen LogP contribution in [0.15, 0.2) is 4.99 Å². The molecule has 1 unspecified atom stereocenters. The van der Waals surface area contributed by atoms with Gasteiger partial charge in [-0.1, -0.05) is 18.7 Å². The fourth-order valence-corrected chi connectivity index (χ4v) is 2.60. The lowest BCUT2D eigenvalue weighted by atomic mass is 10.1. The summed E-state index contributed by atoms with van der Waals surface area (Å²) in [5.74, 6) is 1.13. The summed E-state index contributed by atoms with van der Waals surface area (Å²) in [5, 5.41) is 5.28. The van der Waals surface area contributed by atoms with E-state index in [1.807, 2.05) is 23.5 Å². The van der Waals surface area contributed by atoms with E-state index < -0.39 is 0 Å². The van der Waals surface area contributed by atoms with Crippen LogP contribution < -0.4 is 5.32 Å². The SMILES string of the molecule is CSC(C)CCN=C1NC(C)(C)CS1. The Hall–Kier alpha value is 0.170. The molecule has 0 spiro atoms. The largest absolute Gasteiger partial charge is 0.359 e. The van der Waals surface area contributed by atoms with E-state index in [-0.39, 0.29) is 5.54 Å². The molecule has 1 heterocycles. The van der Waals surface area contributed by atoms with Gasteiger partial charge in [-0.25, -0.2) is 0 Å². The summed E-state index contributed by atoms with van der Waals surface area (Å²) in [5.41, 5.74) is 0.231. The van der Waals surface area contributed by atoms with E-state index in [9.17, 15) is 0 Å². The third kappa shape index (κ3) is 4.13. The van der Waals surface area contributed by atoms with Crippen LogP contribution in [0.25, 0.3) is 0 Å². The Morgan fingerprint density at radius 3 is 2.86 bits per heavy atom. The van der Waals surface area contributed by atoms with Crippen LogP contribution in [0, 0.1) is 0 Å². The van der Waals surface area contributed by atoms with Crippen molar-refractivity contribution in [2.24, 2.45) is 4.99 Å². The molecule has 1 rings (SSSR count). The Balaban J connectivity index is 2.26. The molecule has 0 aliphatic carbocycles. The van der Waals surface area contributed by atoms with Crippen LogP contribution in [0.2, 0.25) is 0 Å². The fourth-order valence-electron chi connectivity index (χ4n) is 1.16. The molecule has 1 N–H and O–H groups in total. The smallest absolute Gasteiger partial charge is 0.157 e. The molecule has 0 saturated carbocycles. The Labute approximate surface area is 95.7 Å². The van der Waals surface area contributed by atoms with Crippen molar-refractivity contribution in [1.82, 2.24) is 5.32 Å². The summed E-state index contributed by atoms with van der Waals surface area (Å²) in [4.78, 5) is 4.56. The highest BCUT2D eigenvalue weighted by atomic mass is 32.2. The summed E-state index contributed by atoms with van der Waals surface area (Å²) < 4.78 is 0. The van der Waals surface area contributed by atoms with E-state index in [1.165, 1.54) is 6.42 Å². The molecule has 1 saturated heterocycles. The maximum Gasteiger partial charge on any atom is 0.157 e. The minimum absolute atomic E-state index is 0.231. The number of hydrogen-bond donors (Lipinski definition) is 1. The Bertz CT molecular complexity index is 214. The average molecular weight is 232 g/mol. The third-order valence-corrected chi connectivity index (χ3v) is 4.62. The van der Waals surface area contributed by atoms with E-state index in [0.29, 0.717) is 0 Å². The van der Waals surface area contributed by atoms with E-state index in [2.05, 4.69) is 37.3 Å². The molecule has 1 fully saturated rings. The fraction of sp³-hybridized carbons (Fsp3) is 0.900. The van der Waals surface area contributed by atoms with Crippen LogP contribution in [-0.2, 0) is 0 Å². The summed E-state index contributed by atoms with van der Waals surface area (Å²) in [6, 6.07) is 0. The zero-order chi connectivity index (χ0) is 10.6. The Morgan fingerprint density at radius 1 is 1.64 bits per heavy atom. The summed E-state index contributed by atoms with van der Waals surface area (Å²) in [7, 11) is 0. The van der Waals surface area contributed by atoms with E-state index in [1.54, 1.807) is 0 Å². The number of nitrogens with zero attached hydrogens (tertiary/aromatic N) is 1. The van der Waals surface area contributed by atoms with Crippen molar-refractivity contribution in [1.29, 1.82) is 0 Å². The van der Waals surface area contributed by atoms with Crippen LogP contribution in [-0.4, -0.2) is 34.5 Å². The van der Waals surface area contributed by atoms with Crippen molar-refractivity contribution in [3.05, 3.63) is 0 Å². The lowest BCUT2D eigenvalue weighted by Gasteiger charge is -2.15. The number of rotatable bonds is 4. The average Bonchev–Trinajstić information content (AvgIpc) is 2.45. The van der Waals surface area contributed by atoms with Gasteiger partial charge in [0.05, 0.1) is 0 Å². The van der Waals surface area contributed by atoms with E-state index in [0.717, 1.165) is 22.7 Å². The van der Waals surface area contributed by atoms with Gasteiger partial charge in [-0.3, -0.25) is 4.99 Å². The van der Waals surface area contributed by atoms with Crippen molar-refractivity contribution < 1.29 is 0 Å². The van der Waals surface area contributed by atoms with Gasteiger partial charge in [0, 0.05) is 23.1 Å². The molecule has 82 valence electrons. The molecule has 0 aromatic heterocycles. The first-order valence-corrected chi connectivity index (χ1v) is 7.29. The molecule has 0 bridgehead atoms. The normalized spacial score (nSPS) is 25.0. The third-order valence-electron chi connectivity index (χ3n) is 2.21. The zero-order valence-electron chi connectivity index (χ0n) is 9.46. The van der Waals surface area contributed by atoms with Crippen molar-refractivity contribution in [2.75, 3.05) is 18.6 Å². The lowest BCUT2D eigenvalue weighted by Crippen LogP contribution is -2.36. The van der Waals surface area contributed by atoms with Gasteiger partial charge in [-0.05, 0) is 26.5 Å². The first kappa shape index (κ1) is 12.2. The molecule has 14 heavy (non-hydrogen) atoms. The highest BCUT2D eigenvalue weighted by Crippen LogP contribution is 2.22. The van der Waals surface area contributed by atoms with Crippen molar-refractivity contribution >= 4 is 28.7 Å². The predicted molar refractivity (Wildman–Crippen MR) is 69.6 cm³/mol. The van der Waals surface area contributed by atoms with Crippen LogP contribution >= 0.6 is 23.5 Å². The van der Waals surface area contributed by atoms with Crippen LogP contribution in [0.4, 0.5) is 0 Å². The van der Waals surface area contributed by atoms with Gasteiger partial charge < -0.3 is 5.32 Å². The first-order valence-electron chi connectivity index (χ1n) is 5.02. The molecular formula is C10H20N2S2. The summed E-state index contributed by atoms with van der Waals surface area (Å²) >= 11 is 3.75. The van der Waals surface area contributed by atoms with Crippen molar-refractivity contribution in [2.45, 2.75) is 38.0 Å². The van der Waals surface area contributed by atoms with Gasteiger partial charge in [0.15, 0.2) is 5.17 Å². The van der Waals surface area contributed by atoms with Crippen LogP contribution in [0.5, 0.6) is 0 Å². The second-order valence-corrected chi connectivity index (χ2v) is 6.56. The highest BCUT2D eigenvalue weighted by Gasteiger charge is 2.26. The molecule has 4 heteroatoms. The molecule has 0 aromatic carbocycles. The summed E-state index contributed by atoms with van der Waals surface area (Å²) in [6.07, 6.45) is 3.33. The molecule has 1 aliphatic rings. The maximum absolute atomic E-state index is 4.56. The predicted octanol–water partition coefficient (Wildman–Crippen LogP) is 2.60. The molecular weight excluding hydrogens is 212 g/mol. The van der Waals surface area contributed by atoms with E-state index >= 15 is 0 Å². The van der Waals surface area contributed by atoms with Crippen LogP contribution in [0.1, 0.15) is 27.2 Å². The number of nitrogens with one attached hydrogen (secondary N) is 1. The second kappa shape index (κ2) is 5.31. The van der Waals surface area contributed by atoms with Gasteiger partial charge >= 0.3 is 0 Å². The zero-order valence-corrected chi connectivity index (χ0v) is 11.1. The standard InChI is InChI=1S/C10H20N2S2/c1-8(13-4)5-6-11-9-12-10(2,3)7-14-9/h8H,5-7H2,1-4H3,(H,11,12). The molecule has 0 radical (unpaired) electrons. The topological polar surface area (TPSA) is 24.4 Å². The molecule has 0 amide bonds. The number of aliphatic imine (C=N–C) groups is 1. The van der Waals surface area contributed by atoms with E-state index in [4.69, 9.17) is 0 Å². The second-order valence-electron chi connectivity index (χ2n) is 4.32. The number of amidine groups is 1. The molecule has 2 nitrogen and oxygen atoms in total. The molecule has 1 aliphatic heterocycles. The quantitative estimate of drug-likeness (QED) is 0.806. The van der Waals surface area contributed by atoms with Crippen molar-refractivity contribution in [3.8, 4) is 0 Å². The van der Waals surface area contributed by atoms with Gasteiger partial charge in [0.1, 0.15) is 0 Å². The van der Waals surface area contributed by atoms with Crippen LogP contribution in [0.3, 0.4) is 0 Å². The number of thioether (sulfide) groups is 2. The van der Waals surface area contributed by atoms with Gasteiger partial charge in [0.25, 0.3) is 0 Å². The Morgan fingerprint density at radius 2 is 2.36 bits per heavy atom. The van der Waals surface area contributed by atoms with Crippen molar-refractivity contribution in [3.63, 3.8) is 0 Å². The minimum atomic E-state index is 0.231. The molecule has 0 aromatic rings. The highest BCUT2D eigenvalue weighted by molar-refractivity contribution is 8.14.